The van der Waals surface area contributed by atoms with E-state index >= 15 is 0 Å². The van der Waals surface area contributed by atoms with Gasteiger partial charge in [0.05, 0.1) is 11.8 Å². The van der Waals surface area contributed by atoms with E-state index in [1.54, 1.807) is 18.2 Å². The summed E-state index contributed by atoms with van der Waals surface area (Å²) in [5.74, 6) is 0.0970. The predicted octanol–water partition coefficient (Wildman–Crippen LogP) is 4.78. The van der Waals surface area contributed by atoms with Gasteiger partial charge in [-0.25, -0.2) is 9.97 Å². The van der Waals surface area contributed by atoms with Crippen LogP contribution in [0.3, 0.4) is 0 Å². The SMILES string of the molecule is O=C(Nc1ncc(Br)nc1Br)c1ccc(Br)cc1Br. The zero-order chi connectivity index (χ0) is 14.0. The predicted molar refractivity (Wildman–Crippen MR) is 87.2 cm³/mol. The standard InChI is InChI=1S/C11H5Br4N3O/c12-5-1-2-6(7(13)3-5)11(19)18-10-9(15)17-8(14)4-16-10/h1-4H,(H,16,18,19). The first-order valence-corrected chi connectivity index (χ1v) is 8.09. The van der Waals surface area contributed by atoms with Crippen LogP contribution < -0.4 is 5.32 Å². The van der Waals surface area contributed by atoms with Crippen LogP contribution in [0.4, 0.5) is 5.82 Å². The van der Waals surface area contributed by atoms with E-state index in [0.29, 0.717) is 25.1 Å². The van der Waals surface area contributed by atoms with Crippen LogP contribution in [0.25, 0.3) is 0 Å². The molecule has 1 aromatic carbocycles. The fourth-order valence-corrected chi connectivity index (χ4v) is 3.42. The number of anilines is 1. The summed E-state index contributed by atoms with van der Waals surface area (Å²) < 4.78 is 2.63. The van der Waals surface area contributed by atoms with Gasteiger partial charge in [-0.2, -0.15) is 0 Å². The van der Waals surface area contributed by atoms with Gasteiger partial charge in [-0.1, -0.05) is 15.9 Å². The van der Waals surface area contributed by atoms with E-state index in [1.165, 1.54) is 6.20 Å². The van der Waals surface area contributed by atoms with Crippen LogP contribution in [0.5, 0.6) is 0 Å². The topological polar surface area (TPSA) is 54.9 Å². The molecule has 0 bridgehead atoms. The maximum Gasteiger partial charge on any atom is 0.258 e. The van der Waals surface area contributed by atoms with Crippen LogP contribution in [0.15, 0.2) is 42.5 Å². The molecular weight excluding hydrogens is 510 g/mol. The molecule has 8 heteroatoms. The van der Waals surface area contributed by atoms with Gasteiger partial charge in [0.15, 0.2) is 5.82 Å². The van der Waals surface area contributed by atoms with Crippen LogP contribution in [0, 0.1) is 0 Å². The van der Waals surface area contributed by atoms with Crippen LogP contribution in [-0.4, -0.2) is 15.9 Å². The molecule has 1 amide bonds. The van der Waals surface area contributed by atoms with Gasteiger partial charge in [0.25, 0.3) is 5.91 Å². The Morgan fingerprint density at radius 1 is 1.16 bits per heavy atom. The summed E-state index contributed by atoms with van der Waals surface area (Å²) in [6, 6.07) is 5.31. The Kier molecular flexibility index (Phi) is 5.10. The number of aromatic nitrogens is 2. The maximum absolute atomic E-state index is 12.1. The molecule has 1 aromatic heterocycles. The number of carbonyl (C=O) groups is 1. The molecule has 0 saturated heterocycles. The van der Waals surface area contributed by atoms with Crippen molar-refractivity contribution < 1.29 is 4.79 Å². The number of hydrogen-bond donors (Lipinski definition) is 1. The number of hydrogen-bond acceptors (Lipinski definition) is 3. The van der Waals surface area contributed by atoms with E-state index in [2.05, 4.69) is 79.0 Å². The Labute approximate surface area is 142 Å². The number of halogens is 4. The Balaban J connectivity index is 2.25. The molecule has 98 valence electrons. The number of nitrogens with zero attached hydrogens (tertiary/aromatic N) is 2. The van der Waals surface area contributed by atoms with Gasteiger partial charge in [-0.05, 0) is 66.0 Å². The van der Waals surface area contributed by atoms with Crippen molar-refractivity contribution in [2.24, 2.45) is 0 Å². The molecule has 0 aliphatic heterocycles. The van der Waals surface area contributed by atoms with E-state index in [4.69, 9.17) is 0 Å². The molecule has 0 aliphatic rings. The van der Waals surface area contributed by atoms with Crippen molar-refractivity contribution >= 4 is 75.4 Å². The normalized spacial score (nSPS) is 10.3. The molecule has 1 heterocycles. The first kappa shape index (κ1) is 15.1. The van der Waals surface area contributed by atoms with E-state index in [0.717, 1.165) is 4.47 Å². The van der Waals surface area contributed by atoms with Gasteiger partial charge in [-0.15, -0.1) is 0 Å². The summed E-state index contributed by atoms with van der Waals surface area (Å²) in [6.07, 6.45) is 1.51. The third kappa shape index (κ3) is 3.84. The molecule has 0 radical (unpaired) electrons. The minimum absolute atomic E-state index is 0.267. The van der Waals surface area contributed by atoms with Crippen molar-refractivity contribution in [1.29, 1.82) is 0 Å². The van der Waals surface area contributed by atoms with Crippen molar-refractivity contribution in [2.45, 2.75) is 0 Å². The van der Waals surface area contributed by atoms with Crippen molar-refractivity contribution in [3.8, 4) is 0 Å². The Hall–Kier alpha value is -0.310. The van der Waals surface area contributed by atoms with Crippen LogP contribution in [0.2, 0.25) is 0 Å². The molecule has 0 unspecified atom stereocenters. The fraction of sp³-hybridized carbons (Fsp3) is 0. The highest BCUT2D eigenvalue weighted by molar-refractivity contribution is 9.11. The highest BCUT2D eigenvalue weighted by atomic mass is 79.9. The number of nitrogens with one attached hydrogen (secondary N) is 1. The highest BCUT2D eigenvalue weighted by Crippen LogP contribution is 2.24. The third-order valence-corrected chi connectivity index (χ3v) is 4.19. The summed E-state index contributed by atoms with van der Waals surface area (Å²) in [7, 11) is 0. The van der Waals surface area contributed by atoms with E-state index in [-0.39, 0.29) is 5.91 Å². The minimum atomic E-state index is -0.267. The molecule has 4 nitrogen and oxygen atoms in total. The van der Waals surface area contributed by atoms with Crippen molar-refractivity contribution in [1.82, 2.24) is 9.97 Å². The minimum Gasteiger partial charge on any atom is -0.304 e. The number of carbonyl (C=O) groups excluding carboxylic acids is 1. The van der Waals surface area contributed by atoms with Crippen molar-refractivity contribution in [3.05, 3.63) is 48.1 Å². The Bertz CT molecular complexity index is 648. The summed E-state index contributed by atoms with van der Waals surface area (Å²) in [5.41, 5.74) is 0.514. The first-order valence-electron chi connectivity index (χ1n) is 4.92. The molecule has 19 heavy (non-hydrogen) atoms. The van der Waals surface area contributed by atoms with Gasteiger partial charge >= 0.3 is 0 Å². The van der Waals surface area contributed by atoms with Crippen LogP contribution in [-0.2, 0) is 0 Å². The molecular formula is C11H5Br4N3O. The largest absolute Gasteiger partial charge is 0.304 e. The Morgan fingerprint density at radius 3 is 2.53 bits per heavy atom. The molecule has 2 rings (SSSR count). The summed E-state index contributed by atoms with van der Waals surface area (Å²) in [6.45, 7) is 0. The lowest BCUT2D eigenvalue weighted by Gasteiger charge is -2.07. The second kappa shape index (κ2) is 6.43. The zero-order valence-electron chi connectivity index (χ0n) is 9.12. The average molecular weight is 515 g/mol. The quantitative estimate of drug-likeness (QED) is 0.628. The second-order valence-electron chi connectivity index (χ2n) is 3.41. The number of amides is 1. The second-order valence-corrected chi connectivity index (χ2v) is 6.74. The molecule has 2 aromatic rings. The van der Waals surface area contributed by atoms with E-state index in [1.807, 2.05) is 0 Å². The van der Waals surface area contributed by atoms with E-state index in [9.17, 15) is 4.79 Å². The van der Waals surface area contributed by atoms with Gasteiger partial charge in [0.2, 0.25) is 0 Å². The van der Waals surface area contributed by atoms with Crippen molar-refractivity contribution in [3.63, 3.8) is 0 Å². The summed E-state index contributed by atoms with van der Waals surface area (Å²) in [5, 5.41) is 2.69. The summed E-state index contributed by atoms with van der Waals surface area (Å²) in [4.78, 5) is 20.3. The Morgan fingerprint density at radius 2 is 1.89 bits per heavy atom. The summed E-state index contributed by atoms with van der Waals surface area (Å²) >= 11 is 13.1. The smallest absolute Gasteiger partial charge is 0.258 e. The molecule has 0 fully saturated rings. The fourth-order valence-electron chi connectivity index (χ4n) is 1.28. The van der Waals surface area contributed by atoms with Gasteiger partial charge in [0.1, 0.15) is 9.21 Å². The zero-order valence-corrected chi connectivity index (χ0v) is 15.5. The lowest BCUT2D eigenvalue weighted by atomic mass is 10.2. The number of rotatable bonds is 2. The van der Waals surface area contributed by atoms with Gasteiger partial charge < -0.3 is 5.32 Å². The monoisotopic (exact) mass is 511 g/mol. The molecule has 0 spiro atoms. The van der Waals surface area contributed by atoms with E-state index < -0.39 is 0 Å². The average Bonchev–Trinajstić information content (AvgIpc) is 2.32. The van der Waals surface area contributed by atoms with Gasteiger partial charge in [0, 0.05) is 8.95 Å². The first-order chi connectivity index (χ1) is 8.97. The van der Waals surface area contributed by atoms with Gasteiger partial charge in [-0.3, -0.25) is 4.79 Å². The van der Waals surface area contributed by atoms with Crippen LogP contribution in [0.1, 0.15) is 10.4 Å². The molecule has 0 saturated carbocycles. The maximum atomic E-state index is 12.1. The molecule has 0 aliphatic carbocycles. The number of benzene rings is 1. The molecule has 1 N–H and O–H groups in total. The van der Waals surface area contributed by atoms with Crippen LogP contribution >= 0.6 is 63.7 Å². The lowest BCUT2D eigenvalue weighted by Crippen LogP contribution is -2.14. The molecule has 0 atom stereocenters. The lowest BCUT2D eigenvalue weighted by molar-refractivity contribution is 0.102. The third-order valence-electron chi connectivity index (χ3n) is 2.11. The highest BCUT2D eigenvalue weighted by Gasteiger charge is 2.13. The van der Waals surface area contributed by atoms with Crippen molar-refractivity contribution in [2.75, 3.05) is 5.32 Å².